The Morgan fingerprint density at radius 2 is 1.74 bits per heavy atom. The molecule has 0 radical (unpaired) electrons. The predicted molar refractivity (Wildman–Crippen MR) is 90.2 cm³/mol. The molecule has 0 saturated carbocycles. The van der Waals surface area contributed by atoms with Crippen molar-refractivity contribution in [2.75, 3.05) is 10.6 Å². The van der Waals surface area contributed by atoms with Gasteiger partial charge in [-0.15, -0.1) is 0 Å². The summed E-state index contributed by atoms with van der Waals surface area (Å²) in [7, 11) is -3.69. The maximum absolute atomic E-state index is 13.1. The van der Waals surface area contributed by atoms with Gasteiger partial charge in [-0.25, -0.2) is 12.8 Å². The van der Waals surface area contributed by atoms with E-state index in [1.807, 2.05) is 20.8 Å². The first-order valence-electron chi connectivity index (χ1n) is 7.63. The molecule has 0 saturated heterocycles. The fourth-order valence-electron chi connectivity index (χ4n) is 2.14. The fraction of sp³-hybridized carbons (Fsp3) is 0.562. The van der Waals surface area contributed by atoms with Crippen LogP contribution in [0.1, 0.15) is 34.1 Å². The minimum absolute atomic E-state index is 0.0776. The SMILES string of the molecule is CC[C@H](C(=O)N[C@@H](C)C(C)C)N(c1ccc(F)cc1)S(C)(=O)=O. The van der Waals surface area contributed by atoms with Gasteiger partial charge < -0.3 is 5.32 Å². The largest absolute Gasteiger partial charge is 0.352 e. The van der Waals surface area contributed by atoms with E-state index in [2.05, 4.69) is 5.32 Å². The Morgan fingerprint density at radius 3 is 2.13 bits per heavy atom. The van der Waals surface area contributed by atoms with Gasteiger partial charge in [0.15, 0.2) is 0 Å². The number of sulfonamides is 1. The normalized spacial score (nSPS) is 14.4. The van der Waals surface area contributed by atoms with Crippen molar-refractivity contribution < 1.29 is 17.6 Å². The van der Waals surface area contributed by atoms with E-state index in [9.17, 15) is 17.6 Å². The van der Waals surface area contributed by atoms with Gasteiger partial charge >= 0.3 is 0 Å². The molecule has 0 aliphatic heterocycles. The van der Waals surface area contributed by atoms with Gasteiger partial charge in [-0.1, -0.05) is 20.8 Å². The molecule has 7 heteroatoms. The topological polar surface area (TPSA) is 66.5 Å². The van der Waals surface area contributed by atoms with Crippen LogP contribution in [0, 0.1) is 11.7 Å². The first-order chi connectivity index (χ1) is 10.6. The zero-order valence-corrected chi connectivity index (χ0v) is 15.0. The van der Waals surface area contributed by atoms with E-state index in [1.165, 1.54) is 24.3 Å². The molecule has 0 spiro atoms. The zero-order valence-electron chi connectivity index (χ0n) is 14.2. The van der Waals surface area contributed by atoms with Gasteiger partial charge in [-0.3, -0.25) is 9.10 Å². The summed E-state index contributed by atoms with van der Waals surface area (Å²) < 4.78 is 38.5. The molecule has 23 heavy (non-hydrogen) atoms. The van der Waals surface area contributed by atoms with E-state index < -0.39 is 21.9 Å². The van der Waals surface area contributed by atoms with Crippen molar-refractivity contribution in [1.82, 2.24) is 5.32 Å². The molecular weight excluding hydrogens is 319 g/mol. The summed E-state index contributed by atoms with van der Waals surface area (Å²) in [5.41, 5.74) is 0.271. The predicted octanol–water partition coefficient (Wildman–Crippen LogP) is 2.53. The number of amides is 1. The van der Waals surface area contributed by atoms with E-state index in [-0.39, 0.29) is 23.6 Å². The van der Waals surface area contributed by atoms with Gasteiger partial charge in [-0.05, 0) is 43.5 Å². The highest BCUT2D eigenvalue weighted by Crippen LogP contribution is 2.23. The van der Waals surface area contributed by atoms with Crippen LogP contribution >= 0.6 is 0 Å². The molecule has 1 aromatic carbocycles. The highest BCUT2D eigenvalue weighted by molar-refractivity contribution is 7.92. The van der Waals surface area contributed by atoms with Gasteiger partial charge in [0.25, 0.3) is 0 Å². The molecule has 5 nitrogen and oxygen atoms in total. The average molecular weight is 344 g/mol. The van der Waals surface area contributed by atoms with Crippen molar-refractivity contribution in [1.29, 1.82) is 0 Å². The lowest BCUT2D eigenvalue weighted by molar-refractivity contribution is -0.123. The molecule has 1 aromatic rings. The van der Waals surface area contributed by atoms with Crippen LogP contribution in [0.5, 0.6) is 0 Å². The summed E-state index contributed by atoms with van der Waals surface area (Å²) in [4.78, 5) is 12.5. The maximum atomic E-state index is 13.1. The zero-order chi connectivity index (χ0) is 17.8. The smallest absolute Gasteiger partial charge is 0.244 e. The number of anilines is 1. The number of nitrogens with one attached hydrogen (secondary N) is 1. The van der Waals surface area contributed by atoms with Crippen LogP contribution in [0.4, 0.5) is 10.1 Å². The highest BCUT2D eigenvalue weighted by atomic mass is 32.2. The number of benzene rings is 1. The second-order valence-corrected chi connectivity index (χ2v) is 7.86. The number of halogens is 1. The lowest BCUT2D eigenvalue weighted by Crippen LogP contribution is -2.51. The van der Waals surface area contributed by atoms with Crippen LogP contribution in [0.3, 0.4) is 0 Å². The summed E-state index contributed by atoms with van der Waals surface area (Å²) in [6.45, 7) is 7.56. The van der Waals surface area contributed by atoms with Gasteiger partial charge in [0, 0.05) is 6.04 Å². The molecule has 1 amide bonds. The van der Waals surface area contributed by atoms with E-state index in [0.717, 1.165) is 10.6 Å². The van der Waals surface area contributed by atoms with Crippen molar-refractivity contribution >= 4 is 21.6 Å². The van der Waals surface area contributed by atoms with Gasteiger partial charge in [0.05, 0.1) is 11.9 Å². The molecule has 0 fully saturated rings. The highest BCUT2D eigenvalue weighted by Gasteiger charge is 2.32. The van der Waals surface area contributed by atoms with Crippen molar-refractivity contribution in [3.63, 3.8) is 0 Å². The molecule has 1 N–H and O–H groups in total. The Balaban J connectivity index is 3.18. The number of rotatable bonds is 7. The summed E-state index contributed by atoms with van der Waals surface area (Å²) in [5, 5.41) is 2.84. The van der Waals surface area contributed by atoms with Gasteiger partial charge in [0.2, 0.25) is 15.9 Å². The Morgan fingerprint density at radius 1 is 1.22 bits per heavy atom. The van der Waals surface area contributed by atoms with Crippen LogP contribution in [-0.2, 0) is 14.8 Å². The fourth-order valence-corrected chi connectivity index (χ4v) is 3.35. The minimum Gasteiger partial charge on any atom is -0.352 e. The Hall–Kier alpha value is -1.63. The first kappa shape index (κ1) is 19.4. The van der Waals surface area contributed by atoms with E-state index >= 15 is 0 Å². The molecule has 0 heterocycles. The number of carbonyl (C=O) groups is 1. The van der Waals surface area contributed by atoms with E-state index in [0.29, 0.717) is 6.42 Å². The van der Waals surface area contributed by atoms with Crippen molar-refractivity contribution in [2.45, 2.75) is 46.2 Å². The van der Waals surface area contributed by atoms with Crippen molar-refractivity contribution in [2.24, 2.45) is 5.92 Å². The van der Waals surface area contributed by atoms with E-state index in [1.54, 1.807) is 6.92 Å². The third-order valence-corrected chi connectivity index (χ3v) is 4.96. The van der Waals surface area contributed by atoms with Gasteiger partial charge in [0.1, 0.15) is 11.9 Å². The molecule has 0 unspecified atom stereocenters. The summed E-state index contributed by atoms with van der Waals surface area (Å²) in [6.07, 6.45) is 1.35. The summed E-state index contributed by atoms with van der Waals surface area (Å²) in [5.74, 6) is -0.592. The number of hydrogen-bond acceptors (Lipinski definition) is 3. The van der Waals surface area contributed by atoms with Crippen LogP contribution < -0.4 is 9.62 Å². The Bertz CT molecular complexity index is 629. The molecule has 2 atom stereocenters. The average Bonchev–Trinajstić information content (AvgIpc) is 2.44. The molecule has 0 aliphatic rings. The number of nitrogens with zero attached hydrogens (tertiary/aromatic N) is 1. The first-order valence-corrected chi connectivity index (χ1v) is 9.48. The minimum atomic E-state index is -3.69. The third-order valence-electron chi connectivity index (χ3n) is 3.78. The molecule has 1 rings (SSSR count). The van der Waals surface area contributed by atoms with Gasteiger partial charge in [-0.2, -0.15) is 0 Å². The monoisotopic (exact) mass is 344 g/mol. The van der Waals surface area contributed by atoms with E-state index in [4.69, 9.17) is 0 Å². The standard InChI is InChI=1S/C16H25FN2O3S/c1-6-15(16(20)18-12(4)11(2)3)19(23(5,21)22)14-9-7-13(17)8-10-14/h7-12,15H,6H2,1-5H3,(H,18,20)/t12-,15+/m0/s1. The summed E-state index contributed by atoms with van der Waals surface area (Å²) in [6, 6.07) is 4.11. The quantitative estimate of drug-likeness (QED) is 0.826. The van der Waals surface area contributed by atoms with Crippen LogP contribution in [0.2, 0.25) is 0 Å². The lowest BCUT2D eigenvalue weighted by Gasteiger charge is -2.31. The Labute approximate surface area is 137 Å². The maximum Gasteiger partial charge on any atom is 0.244 e. The van der Waals surface area contributed by atoms with Crippen molar-refractivity contribution in [3.05, 3.63) is 30.1 Å². The lowest BCUT2D eigenvalue weighted by atomic mass is 10.1. The number of carbonyl (C=O) groups excluding carboxylic acids is 1. The second-order valence-electron chi connectivity index (χ2n) is 6.00. The molecule has 0 aliphatic carbocycles. The Kier molecular flexibility index (Phi) is 6.56. The number of hydrogen-bond donors (Lipinski definition) is 1. The van der Waals surface area contributed by atoms with Crippen LogP contribution in [-0.4, -0.2) is 32.7 Å². The molecule has 0 bridgehead atoms. The molecular formula is C16H25FN2O3S. The molecule has 130 valence electrons. The third kappa shape index (κ3) is 5.20. The van der Waals surface area contributed by atoms with Crippen LogP contribution in [0.15, 0.2) is 24.3 Å². The molecule has 0 aromatic heterocycles. The second kappa shape index (κ2) is 7.77. The van der Waals surface area contributed by atoms with Crippen molar-refractivity contribution in [3.8, 4) is 0 Å². The van der Waals surface area contributed by atoms with Crippen LogP contribution in [0.25, 0.3) is 0 Å². The summed E-state index contributed by atoms with van der Waals surface area (Å²) >= 11 is 0.